The van der Waals surface area contributed by atoms with Gasteiger partial charge in [-0.1, -0.05) is 170 Å². The van der Waals surface area contributed by atoms with Crippen LogP contribution in [0.1, 0.15) is 23.5 Å². The molecule has 296 valence electrons. The zero-order valence-electron chi connectivity index (χ0n) is 34.4. The molecular weight excluding hydrogens is 765 g/mol. The lowest BCUT2D eigenvalue weighted by Gasteiger charge is -2.24. The lowest BCUT2D eigenvalue weighted by Crippen LogP contribution is -2.05. The number of benzene rings is 9. The third kappa shape index (κ3) is 5.53. The molecule has 1 atom stereocenters. The molecule has 0 saturated carbocycles. The molecule has 0 amide bonds. The topological polar surface area (TPSA) is 23.0 Å². The van der Waals surface area contributed by atoms with Crippen LogP contribution in [0.3, 0.4) is 0 Å². The van der Waals surface area contributed by atoms with Gasteiger partial charge in [0, 0.05) is 43.9 Å². The Bertz CT molecular complexity index is 3820. The molecule has 0 spiro atoms. The number of hydrogen-bond donors (Lipinski definition) is 0. The molecule has 3 aromatic heterocycles. The van der Waals surface area contributed by atoms with Crippen molar-refractivity contribution in [3.05, 3.63) is 236 Å². The Morgan fingerprint density at radius 3 is 1.94 bits per heavy atom. The van der Waals surface area contributed by atoms with E-state index in [4.69, 9.17) is 4.42 Å². The maximum atomic E-state index is 6.97. The first-order valence-corrected chi connectivity index (χ1v) is 21.9. The van der Waals surface area contributed by atoms with Crippen molar-refractivity contribution in [1.82, 2.24) is 9.13 Å². The third-order valence-corrected chi connectivity index (χ3v) is 13.3. The Labute approximate surface area is 364 Å². The summed E-state index contributed by atoms with van der Waals surface area (Å²) in [5, 5.41) is 7.24. The summed E-state index contributed by atoms with van der Waals surface area (Å²) in [7, 11) is 0. The van der Waals surface area contributed by atoms with E-state index >= 15 is 0 Å². The van der Waals surface area contributed by atoms with Crippen LogP contribution in [0.15, 0.2) is 229 Å². The van der Waals surface area contributed by atoms with Crippen molar-refractivity contribution in [2.24, 2.45) is 0 Å². The van der Waals surface area contributed by atoms with Gasteiger partial charge in [-0.05, 0) is 100.0 Å². The smallest absolute Gasteiger partial charge is 0.159 e. The van der Waals surface area contributed by atoms with E-state index in [0.29, 0.717) is 0 Å². The fourth-order valence-corrected chi connectivity index (χ4v) is 10.6. The van der Waals surface area contributed by atoms with E-state index < -0.39 is 0 Å². The summed E-state index contributed by atoms with van der Waals surface area (Å²) in [4.78, 5) is 0. The maximum absolute atomic E-state index is 6.97. The first kappa shape index (κ1) is 35.6. The van der Waals surface area contributed by atoms with Crippen molar-refractivity contribution in [1.29, 1.82) is 0 Å². The molecule has 3 nitrogen and oxygen atoms in total. The van der Waals surface area contributed by atoms with Crippen LogP contribution in [0.4, 0.5) is 0 Å². The van der Waals surface area contributed by atoms with Crippen LogP contribution < -0.4 is 0 Å². The predicted octanol–water partition coefficient (Wildman–Crippen LogP) is 16.2. The normalized spacial score (nSPS) is 14.2. The van der Waals surface area contributed by atoms with Crippen molar-refractivity contribution in [3.8, 4) is 33.6 Å². The van der Waals surface area contributed by atoms with Crippen LogP contribution in [0.25, 0.3) is 105 Å². The molecular formula is C60H40N2O. The lowest BCUT2D eigenvalue weighted by atomic mass is 9.80. The highest BCUT2D eigenvalue weighted by atomic mass is 16.3. The summed E-state index contributed by atoms with van der Waals surface area (Å²) in [6.07, 6.45) is 7.72. The molecule has 3 heteroatoms. The third-order valence-electron chi connectivity index (χ3n) is 13.3. The molecule has 3 heterocycles. The summed E-state index contributed by atoms with van der Waals surface area (Å²) in [6.45, 7) is 0. The Balaban J connectivity index is 1.01. The molecule has 0 bridgehead atoms. The molecule has 9 aromatic carbocycles. The highest BCUT2D eigenvalue weighted by Gasteiger charge is 2.27. The van der Waals surface area contributed by atoms with E-state index in [2.05, 4.69) is 234 Å². The standard InChI is InChI=1S/C60H40N2O/c1-3-17-39(18-4-1)41-21-15-22-43(37-41)61-53-30-13-10-26-49(53)58-45(28-16-31-55(58)61)42-33-35-54-51(38-42)47-25-9-12-29-52(47)62(54)56-36-34-48(59-50-27-11-14-32-57(50)63-60(56)59)46-24-8-7-23-44(46)40-19-5-2-6-20-40/h1-23,25-38,46H,24H2. The number of allylic oxidation sites excluding steroid dienone is 4. The van der Waals surface area contributed by atoms with Gasteiger partial charge in [0.15, 0.2) is 5.58 Å². The average molecular weight is 805 g/mol. The number of nitrogens with zero attached hydrogens (tertiary/aromatic N) is 2. The molecule has 0 saturated heterocycles. The minimum atomic E-state index is 0.192. The zero-order chi connectivity index (χ0) is 41.4. The van der Waals surface area contributed by atoms with Gasteiger partial charge in [-0.15, -0.1) is 0 Å². The van der Waals surface area contributed by atoms with Crippen LogP contribution in [0.5, 0.6) is 0 Å². The molecule has 13 rings (SSSR count). The van der Waals surface area contributed by atoms with Gasteiger partial charge in [-0.3, -0.25) is 0 Å². The Morgan fingerprint density at radius 2 is 1.10 bits per heavy atom. The van der Waals surface area contributed by atoms with E-state index in [-0.39, 0.29) is 5.92 Å². The molecule has 1 aliphatic carbocycles. The molecule has 63 heavy (non-hydrogen) atoms. The Hall–Kier alpha value is -8.14. The number of fused-ring (bicyclic) bond motifs is 9. The second kappa shape index (κ2) is 14.2. The van der Waals surface area contributed by atoms with Crippen LogP contribution in [-0.2, 0) is 0 Å². The number of hydrogen-bond acceptors (Lipinski definition) is 1. The fourth-order valence-electron chi connectivity index (χ4n) is 10.6. The second-order valence-corrected chi connectivity index (χ2v) is 16.7. The SMILES string of the molecule is C1=CCC(c2ccc(-n3c4ccccc4c4cc(-c5cccc6c5c5ccccc5n6-c5cccc(-c6ccccc6)c5)ccc43)c3oc4ccccc4c23)C(c2ccccc2)=C1. The van der Waals surface area contributed by atoms with Crippen molar-refractivity contribution in [3.63, 3.8) is 0 Å². The molecule has 0 aliphatic heterocycles. The molecule has 12 aromatic rings. The van der Waals surface area contributed by atoms with Gasteiger partial charge in [0.2, 0.25) is 0 Å². The van der Waals surface area contributed by atoms with Gasteiger partial charge in [-0.25, -0.2) is 0 Å². The summed E-state index contributed by atoms with van der Waals surface area (Å²) in [5.74, 6) is 0.192. The van der Waals surface area contributed by atoms with E-state index in [1.807, 2.05) is 0 Å². The Morgan fingerprint density at radius 1 is 0.429 bits per heavy atom. The van der Waals surface area contributed by atoms with Crippen molar-refractivity contribution in [2.45, 2.75) is 12.3 Å². The fraction of sp³-hybridized carbons (Fsp3) is 0.0333. The number of aromatic nitrogens is 2. The van der Waals surface area contributed by atoms with Gasteiger partial charge in [0.25, 0.3) is 0 Å². The molecule has 1 unspecified atom stereocenters. The minimum Gasteiger partial charge on any atom is -0.454 e. The summed E-state index contributed by atoms with van der Waals surface area (Å²) in [5.41, 5.74) is 17.4. The number of rotatable bonds is 6. The summed E-state index contributed by atoms with van der Waals surface area (Å²) >= 11 is 0. The zero-order valence-corrected chi connectivity index (χ0v) is 34.4. The van der Waals surface area contributed by atoms with E-state index in [1.54, 1.807) is 0 Å². The average Bonchev–Trinajstić information content (AvgIpc) is 4.03. The van der Waals surface area contributed by atoms with Crippen LogP contribution in [-0.4, -0.2) is 9.13 Å². The van der Waals surface area contributed by atoms with E-state index in [1.165, 1.54) is 76.9 Å². The predicted molar refractivity (Wildman–Crippen MR) is 264 cm³/mol. The van der Waals surface area contributed by atoms with Crippen LogP contribution in [0.2, 0.25) is 0 Å². The van der Waals surface area contributed by atoms with Crippen molar-refractivity contribution >= 4 is 71.1 Å². The highest BCUT2D eigenvalue weighted by Crippen LogP contribution is 2.47. The van der Waals surface area contributed by atoms with Gasteiger partial charge < -0.3 is 13.6 Å². The monoisotopic (exact) mass is 804 g/mol. The van der Waals surface area contributed by atoms with Gasteiger partial charge in [0.1, 0.15) is 5.58 Å². The van der Waals surface area contributed by atoms with Crippen LogP contribution >= 0.6 is 0 Å². The Kier molecular flexibility index (Phi) is 8.04. The largest absolute Gasteiger partial charge is 0.454 e. The first-order chi connectivity index (χ1) is 31.3. The van der Waals surface area contributed by atoms with Gasteiger partial charge >= 0.3 is 0 Å². The molecule has 0 fully saturated rings. The van der Waals surface area contributed by atoms with Gasteiger partial charge in [-0.2, -0.15) is 0 Å². The lowest BCUT2D eigenvalue weighted by molar-refractivity contribution is 0.666. The van der Waals surface area contributed by atoms with E-state index in [9.17, 15) is 0 Å². The molecule has 1 aliphatic rings. The molecule has 0 N–H and O–H groups in total. The van der Waals surface area contributed by atoms with E-state index in [0.717, 1.165) is 45.4 Å². The highest BCUT2D eigenvalue weighted by molar-refractivity contribution is 6.18. The maximum Gasteiger partial charge on any atom is 0.159 e. The summed E-state index contributed by atoms with van der Waals surface area (Å²) in [6, 6.07) is 75.0. The van der Waals surface area contributed by atoms with Crippen molar-refractivity contribution in [2.75, 3.05) is 0 Å². The molecule has 0 radical (unpaired) electrons. The minimum absolute atomic E-state index is 0.192. The second-order valence-electron chi connectivity index (χ2n) is 16.7. The van der Waals surface area contributed by atoms with Gasteiger partial charge in [0.05, 0.1) is 27.8 Å². The van der Waals surface area contributed by atoms with Crippen LogP contribution in [0, 0.1) is 0 Å². The summed E-state index contributed by atoms with van der Waals surface area (Å²) < 4.78 is 11.8. The quantitative estimate of drug-likeness (QED) is 0.164. The van der Waals surface area contributed by atoms with Crippen molar-refractivity contribution < 1.29 is 4.42 Å². The number of para-hydroxylation sites is 3. The number of furan rings is 1. The first-order valence-electron chi connectivity index (χ1n) is 21.9.